The molecule has 0 N–H and O–H groups in total. The van der Waals surface area contributed by atoms with Crippen molar-refractivity contribution >= 4 is 45.5 Å². The van der Waals surface area contributed by atoms with Crippen molar-refractivity contribution in [2.24, 2.45) is 10.8 Å². The highest BCUT2D eigenvalue weighted by Gasteiger charge is 2.70. The smallest absolute Gasteiger partial charge is 0.187 e. The molecule has 2 atom stereocenters. The highest BCUT2D eigenvalue weighted by atomic mass is 15.1. The van der Waals surface area contributed by atoms with Crippen LogP contribution in [0.3, 0.4) is 0 Å². The van der Waals surface area contributed by atoms with Crippen LogP contribution in [0.4, 0.5) is 45.5 Å². The predicted molar refractivity (Wildman–Crippen MR) is 276 cm³/mol. The van der Waals surface area contributed by atoms with E-state index in [9.17, 15) is 10.5 Å². The summed E-state index contributed by atoms with van der Waals surface area (Å²) in [6.07, 6.45) is 0. The van der Waals surface area contributed by atoms with Crippen molar-refractivity contribution in [2.75, 3.05) is 9.80 Å². The summed E-state index contributed by atoms with van der Waals surface area (Å²) in [7, 11) is 0. The molecule has 68 heavy (non-hydrogen) atoms. The molecule has 0 saturated heterocycles. The monoisotopic (exact) mass is 876 g/mol. The molecule has 0 aromatic heterocycles. The molecule has 2 unspecified atom stereocenters. The third kappa shape index (κ3) is 6.27. The van der Waals surface area contributed by atoms with Gasteiger partial charge in [-0.25, -0.2) is 9.69 Å². The topological polar surface area (TPSA) is 62.8 Å². The number of benzene rings is 8. The Kier molecular flexibility index (Phi) is 10.2. The first-order valence-corrected chi connectivity index (χ1v) is 22.8. The fourth-order valence-electron chi connectivity index (χ4n) is 12.0. The van der Waals surface area contributed by atoms with Crippen LogP contribution >= 0.6 is 0 Å². The SMILES string of the molecule is [C-]#[N+]c1ccc(N(c2ccc(C#N)cc2)c2ccc3c(c2)C(C(C)(C)C)(C2(C(C)(C)C)c4ccccc4-c4ccc(N(c5ccc(C#N)cc5)c5ccc([N+]#[C-])cc5)cc42)c2ccccc2-3)cc1. The van der Waals surface area contributed by atoms with Crippen molar-refractivity contribution in [3.8, 4) is 34.4 Å². The molecule has 0 bridgehead atoms. The third-order valence-corrected chi connectivity index (χ3v) is 14.4. The number of fused-ring (bicyclic) bond motifs is 6. The van der Waals surface area contributed by atoms with E-state index < -0.39 is 21.7 Å². The Bertz CT molecular complexity index is 3110. The van der Waals surface area contributed by atoms with Crippen LogP contribution in [0, 0.1) is 46.6 Å². The van der Waals surface area contributed by atoms with Crippen molar-refractivity contribution < 1.29 is 0 Å². The molecule has 0 spiro atoms. The van der Waals surface area contributed by atoms with Gasteiger partial charge in [-0.3, -0.25) is 0 Å². The van der Waals surface area contributed by atoms with Gasteiger partial charge in [0.2, 0.25) is 0 Å². The van der Waals surface area contributed by atoms with E-state index in [0.717, 1.165) is 34.1 Å². The number of hydrogen-bond donors (Lipinski definition) is 0. The summed E-state index contributed by atoms with van der Waals surface area (Å²) in [4.78, 5) is 11.9. The molecule has 6 heteroatoms. The van der Waals surface area contributed by atoms with Gasteiger partial charge in [-0.2, -0.15) is 10.5 Å². The molecule has 0 fully saturated rings. The van der Waals surface area contributed by atoms with Crippen LogP contribution in [-0.4, -0.2) is 0 Å². The first kappa shape index (κ1) is 43.2. The van der Waals surface area contributed by atoms with Crippen LogP contribution in [0.5, 0.6) is 0 Å². The summed E-state index contributed by atoms with van der Waals surface area (Å²) < 4.78 is 0. The van der Waals surface area contributed by atoms with Gasteiger partial charge in [0.15, 0.2) is 11.4 Å². The van der Waals surface area contributed by atoms with Gasteiger partial charge in [-0.1, -0.05) is 126 Å². The minimum absolute atomic E-state index is 0.427. The lowest BCUT2D eigenvalue weighted by molar-refractivity contribution is 0.0594. The number of rotatable bonds is 7. The Balaban J connectivity index is 1.31. The standard InChI is InChI=1S/C62H48N6/c1-59(2,3)61(55-15-11-9-13-51(55)53-35-33-49(37-57(53)61)67(45-25-17-41(39-63)18-26-45)47-29-21-43(65-7)22-30-47)62(60(4,5)6)56-16-12-10-14-52(56)54-36-34-50(38-58(54)62)68(46-27-19-42(40-64)20-28-46)48-31-23-44(66-8)24-32-48/h9-38H,1-6H3. The van der Waals surface area contributed by atoms with E-state index in [2.05, 4.69) is 158 Å². The summed E-state index contributed by atoms with van der Waals surface area (Å²) in [5, 5.41) is 19.6. The average molecular weight is 877 g/mol. The number of anilines is 6. The maximum Gasteiger partial charge on any atom is 0.187 e. The molecule has 10 rings (SSSR count). The normalized spacial score (nSPS) is 16.4. The van der Waals surface area contributed by atoms with E-state index in [1.807, 2.05) is 97.1 Å². The molecule has 8 aromatic rings. The van der Waals surface area contributed by atoms with Crippen molar-refractivity contribution in [2.45, 2.75) is 52.4 Å². The van der Waals surface area contributed by atoms with Gasteiger partial charge in [-0.05, 0) is 152 Å². The van der Waals surface area contributed by atoms with Crippen molar-refractivity contribution in [3.05, 3.63) is 238 Å². The fourth-order valence-corrected chi connectivity index (χ4v) is 12.0. The Morgan fingerprint density at radius 2 is 0.676 bits per heavy atom. The van der Waals surface area contributed by atoms with E-state index in [0.29, 0.717) is 22.5 Å². The van der Waals surface area contributed by atoms with Crippen LogP contribution in [0.2, 0.25) is 0 Å². The maximum atomic E-state index is 9.80. The second-order valence-corrected chi connectivity index (χ2v) is 19.8. The fraction of sp³-hybridized carbons (Fsp3) is 0.161. The molecular weight excluding hydrogens is 829 g/mol. The molecule has 2 aliphatic rings. The molecule has 0 saturated carbocycles. The van der Waals surface area contributed by atoms with Gasteiger partial charge in [-0.15, -0.1) is 0 Å². The van der Waals surface area contributed by atoms with Gasteiger partial charge < -0.3 is 9.80 Å². The lowest BCUT2D eigenvalue weighted by Gasteiger charge is -2.62. The van der Waals surface area contributed by atoms with E-state index in [1.54, 1.807) is 0 Å². The summed E-state index contributed by atoms with van der Waals surface area (Å²) in [6.45, 7) is 29.9. The van der Waals surface area contributed by atoms with Crippen molar-refractivity contribution in [1.82, 2.24) is 0 Å². The largest absolute Gasteiger partial charge is 0.311 e. The van der Waals surface area contributed by atoms with E-state index in [-0.39, 0.29) is 0 Å². The molecule has 0 radical (unpaired) electrons. The Hall–Kier alpha value is -8.68. The summed E-state index contributed by atoms with van der Waals surface area (Å²) in [6, 6.07) is 67.3. The quantitative estimate of drug-likeness (QED) is 0.150. The van der Waals surface area contributed by atoms with Crippen molar-refractivity contribution in [1.29, 1.82) is 10.5 Å². The Morgan fingerprint density at radius 1 is 0.382 bits per heavy atom. The molecular formula is C62H48N6. The van der Waals surface area contributed by atoms with Crippen molar-refractivity contribution in [3.63, 3.8) is 0 Å². The van der Waals surface area contributed by atoms with Gasteiger partial charge in [0.25, 0.3) is 0 Å². The first-order valence-electron chi connectivity index (χ1n) is 22.8. The molecule has 8 aromatic carbocycles. The molecule has 326 valence electrons. The van der Waals surface area contributed by atoms with Gasteiger partial charge in [0, 0.05) is 45.0 Å². The highest BCUT2D eigenvalue weighted by molar-refractivity contribution is 5.93. The van der Waals surface area contributed by atoms with E-state index >= 15 is 0 Å². The predicted octanol–water partition coefficient (Wildman–Crippen LogP) is 16.8. The summed E-state index contributed by atoms with van der Waals surface area (Å²) >= 11 is 0. The molecule has 0 amide bonds. The lowest BCUT2D eigenvalue weighted by atomic mass is 9.39. The van der Waals surface area contributed by atoms with E-state index in [1.165, 1.54) is 44.5 Å². The molecule has 2 aliphatic carbocycles. The summed E-state index contributed by atoms with van der Waals surface area (Å²) in [5.74, 6) is 0. The van der Waals surface area contributed by atoms with Gasteiger partial charge >= 0.3 is 0 Å². The Labute approximate surface area is 399 Å². The second-order valence-electron chi connectivity index (χ2n) is 19.8. The average Bonchev–Trinajstić information content (AvgIpc) is 3.83. The van der Waals surface area contributed by atoms with Crippen LogP contribution in [0.15, 0.2) is 182 Å². The molecule has 0 heterocycles. The Morgan fingerprint density at radius 3 is 0.985 bits per heavy atom. The van der Waals surface area contributed by atoms with Crippen LogP contribution in [-0.2, 0) is 10.8 Å². The van der Waals surface area contributed by atoms with Crippen LogP contribution in [0.1, 0.15) is 74.9 Å². The van der Waals surface area contributed by atoms with Crippen LogP contribution in [0.25, 0.3) is 31.9 Å². The van der Waals surface area contributed by atoms with Gasteiger partial charge in [0.05, 0.1) is 36.4 Å². The zero-order chi connectivity index (χ0) is 47.6. The van der Waals surface area contributed by atoms with E-state index in [4.69, 9.17) is 13.1 Å². The highest BCUT2D eigenvalue weighted by Crippen LogP contribution is 2.75. The van der Waals surface area contributed by atoms with Gasteiger partial charge in [0.1, 0.15) is 0 Å². The lowest BCUT2D eigenvalue weighted by Crippen LogP contribution is -2.62. The number of hydrogen-bond acceptors (Lipinski definition) is 4. The summed E-state index contributed by atoms with van der Waals surface area (Å²) in [5.41, 5.74) is 15.3. The molecule has 0 aliphatic heterocycles. The number of nitrogens with zero attached hydrogens (tertiary/aromatic N) is 6. The maximum absolute atomic E-state index is 9.80. The zero-order valence-corrected chi connectivity index (χ0v) is 39.0. The zero-order valence-electron chi connectivity index (χ0n) is 39.0. The van der Waals surface area contributed by atoms with Crippen LogP contribution < -0.4 is 9.80 Å². The third-order valence-electron chi connectivity index (χ3n) is 14.4. The minimum Gasteiger partial charge on any atom is -0.311 e. The molecule has 6 nitrogen and oxygen atoms in total. The minimum atomic E-state index is -0.707. The number of nitriles is 2. The second kappa shape index (κ2) is 16.0. The first-order chi connectivity index (χ1) is 32.8.